The highest BCUT2D eigenvalue weighted by Crippen LogP contribution is 2.32. The number of halogens is 3. The Morgan fingerprint density at radius 2 is 1.66 bits per heavy atom. The van der Waals surface area contributed by atoms with Gasteiger partial charge >= 0.3 is 6.18 Å². The number of hydrogen-bond donors (Lipinski definition) is 1. The molecule has 1 heterocycles. The smallest absolute Gasteiger partial charge is 0.416 e. The number of rotatable bonds is 9. The summed E-state index contributed by atoms with van der Waals surface area (Å²) in [6, 6.07) is 9.68. The molecule has 1 aliphatic rings. The molecule has 3 rings (SSSR count). The number of nitrogens with zero attached hydrogens (tertiary/aromatic N) is 3. The van der Waals surface area contributed by atoms with Crippen LogP contribution in [0.1, 0.15) is 12.0 Å². The molecule has 2 atom stereocenters. The van der Waals surface area contributed by atoms with Crippen molar-refractivity contribution in [2.75, 3.05) is 44.3 Å². The maximum absolute atomic E-state index is 12.7. The number of amides is 1. The van der Waals surface area contributed by atoms with Crippen molar-refractivity contribution < 1.29 is 31.1 Å². The van der Waals surface area contributed by atoms with E-state index < -0.39 is 33.7 Å². The molecule has 0 radical (unpaired) electrons. The highest BCUT2D eigenvalue weighted by atomic mass is 32.2. The summed E-state index contributed by atoms with van der Waals surface area (Å²) in [5, 5.41) is 0. The Labute approximate surface area is 203 Å². The van der Waals surface area contributed by atoms with Crippen LogP contribution in [0.4, 0.5) is 18.9 Å². The number of alkyl halides is 3. The normalized spacial score (nSPS) is 18.0. The topological polar surface area (TPSA) is 96.2 Å². The van der Waals surface area contributed by atoms with Crippen LogP contribution < -0.4 is 14.8 Å². The van der Waals surface area contributed by atoms with E-state index in [1.807, 2.05) is 19.0 Å². The second-order valence-corrected chi connectivity index (χ2v) is 10.6. The molecule has 1 aliphatic heterocycles. The van der Waals surface area contributed by atoms with Crippen LogP contribution in [0.25, 0.3) is 0 Å². The summed E-state index contributed by atoms with van der Waals surface area (Å²) in [7, 11) is 0.143. The Bertz CT molecular complexity index is 1120. The van der Waals surface area contributed by atoms with Crippen LogP contribution >= 0.6 is 0 Å². The fourth-order valence-electron chi connectivity index (χ4n) is 3.98. The molecule has 12 heteroatoms. The summed E-state index contributed by atoms with van der Waals surface area (Å²) in [6.07, 6.45) is -2.56. The predicted octanol–water partition coefficient (Wildman–Crippen LogP) is 2.75. The molecular formula is C23H29F3N4O4S. The van der Waals surface area contributed by atoms with Crippen LogP contribution in [-0.4, -0.2) is 76.2 Å². The predicted molar refractivity (Wildman–Crippen MR) is 127 cm³/mol. The second kappa shape index (κ2) is 10.4. The lowest BCUT2D eigenvalue weighted by molar-refractivity contribution is -0.137. The number of sulfonamides is 1. The molecule has 1 fully saturated rings. The van der Waals surface area contributed by atoms with Gasteiger partial charge in [-0.25, -0.2) is 8.42 Å². The summed E-state index contributed by atoms with van der Waals surface area (Å²) < 4.78 is 70.1. The van der Waals surface area contributed by atoms with E-state index in [2.05, 4.69) is 4.90 Å². The third-order valence-electron chi connectivity index (χ3n) is 5.98. The number of anilines is 1. The molecule has 35 heavy (non-hydrogen) atoms. The molecule has 0 spiro atoms. The molecular weight excluding hydrogens is 485 g/mol. The van der Waals surface area contributed by atoms with E-state index in [0.29, 0.717) is 24.5 Å². The lowest BCUT2D eigenvalue weighted by Gasteiger charge is -2.31. The number of hydrogen-bond acceptors (Lipinski definition) is 6. The molecule has 0 bridgehead atoms. The fraction of sp³-hybridized carbons (Fsp3) is 0.435. The lowest BCUT2D eigenvalue weighted by Crippen LogP contribution is -2.52. The first-order valence-corrected chi connectivity index (χ1v) is 12.7. The van der Waals surface area contributed by atoms with Gasteiger partial charge in [0.15, 0.2) is 0 Å². The minimum atomic E-state index is -4.44. The maximum atomic E-state index is 12.7. The number of carbonyl (C=O) groups is 1. The fourth-order valence-corrected chi connectivity index (χ4v) is 4.89. The van der Waals surface area contributed by atoms with E-state index in [-0.39, 0.29) is 18.3 Å². The van der Waals surface area contributed by atoms with Gasteiger partial charge in [-0.3, -0.25) is 14.0 Å². The molecule has 192 valence electrons. The van der Waals surface area contributed by atoms with Gasteiger partial charge in [0.1, 0.15) is 17.5 Å². The SMILES string of the molecule is CN(C)[C@@H]1CCN([C@@H](CN(c2ccc(Oc3ccc(C(F)(F)F)cc3)cc2)S(C)(=O)=O)C(N)=O)C1. The van der Waals surface area contributed by atoms with Gasteiger partial charge < -0.3 is 15.4 Å². The largest absolute Gasteiger partial charge is 0.457 e. The average molecular weight is 515 g/mol. The van der Waals surface area contributed by atoms with Crippen molar-refractivity contribution in [3.8, 4) is 11.5 Å². The molecule has 0 aliphatic carbocycles. The average Bonchev–Trinajstić information content (AvgIpc) is 3.24. The van der Waals surface area contributed by atoms with Crippen molar-refractivity contribution >= 4 is 21.6 Å². The highest BCUT2D eigenvalue weighted by Gasteiger charge is 2.35. The zero-order chi connectivity index (χ0) is 26.0. The zero-order valence-corrected chi connectivity index (χ0v) is 20.5. The summed E-state index contributed by atoms with van der Waals surface area (Å²) >= 11 is 0. The molecule has 1 saturated heterocycles. The van der Waals surface area contributed by atoms with E-state index in [4.69, 9.17) is 10.5 Å². The van der Waals surface area contributed by atoms with Gasteiger partial charge in [0.05, 0.1) is 24.1 Å². The number of nitrogens with two attached hydrogens (primary N) is 1. The van der Waals surface area contributed by atoms with Crippen molar-refractivity contribution in [2.45, 2.75) is 24.7 Å². The Hall–Kier alpha value is -2.83. The van der Waals surface area contributed by atoms with Crippen molar-refractivity contribution in [1.82, 2.24) is 9.80 Å². The molecule has 2 aromatic carbocycles. The van der Waals surface area contributed by atoms with E-state index in [9.17, 15) is 26.4 Å². The molecule has 2 aromatic rings. The standard InChI is InChI=1S/C23H29F3N4O4S/c1-28(2)18-12-13-29(14-18)21(22(27)31)15-30(35(3,32)33)17-6-10-20(11-7-17)34-19-8-4-16(5-9-19)23(24,25)26/h4-11,18,21H,12-15H2,1-3H3,(H2,27,31)/t18-,21+/m1/s1. The number of primary amides is 1. The van der Waals surface area contributed by atoms with E-state index in [1.54, 1.807) is 0 Å². The third kappa shape index (κ3) is 6.86. The van der Waals surface area contributed by atoms with Gasteiger partial charge in [0.2, 0.25) is 15.9 Å². The Morgan fingerprint density at radius 3 is 2.09 bits per heavy atom. The van der Waals surface area contributed by atoms with E-state index >= 15 is 0 Å². The zero-order valence-electron chi connectivity index (χ0n) is 19.7. The summed E-state index contributed by atoms with van der Waals surface area (Å²) in [5.74, 6) is -0.105. The first-order chi connectivity index (χ1) is 16.3. The lowest BCUT2D eigenvalue weighted by atomic mass is 10.2. The maximum Gasteiger partial charge on any atom is 0.416 e. The highest BCUT2D eigenvalue weighted by molar-refractivity contribution is 7.92. The number of benzene rings is 2. The number of ether oxygens (including phenoxy) is 1. The van der Waals surface area contributed by atoms with Crippen molar-refractivity contribution in [1.29, 1.82) is 0 Å². The number of likely N-dealkylation sites (N-methyl/N-ethyl adjacent to an activating group) is 1. The van der Waals surface area contributed by atoms with Gasteiger partial charge in [-0.05, 0) is 69.0 Å². The van der Waals surface area contributed by atoms with Crippen molar-refractivity contribution in [2.24, 2.45) is 5.73 Å². The molecule has 2 N–H and O–H groups in total. The molecule has 0 aromatic heterocycles. The van der Waals surface area contributed by atoms with Gasteiger partial charge in [0, 0.05) is 19.1 Å². The minimum Gasteiger partial charge on any atom is -0.457 e. The van der Waals surface area contributed by atoms with Crippen LogP contribution in [0, 0.1) is 0 Å². The van der Waals surface area contributed by atoms with Gasteiger partial charge in [-0.2, -0.15) is 13.2 Å². The first kappa shape index (κ1) is 26.8. The Balaban J connectivity index is 1.76. The van der Waals surface area contributed by atoms with E-state index in [1.165, 1.54) is 36.4 Å². The third-order valence-corrected chi connectivity index (χ3v) is 7.14. The Morgan fingerprint density at radius 1 is 1.11 bits per heavy atom. The van der Waals surface area contributed by atoms with Crippen molar-refractivity contribution in [3.63, 3.8) is 0 Å². The summed E-state index contributed by atoms with van der Waals surface area (Å²) in [6.45, 7) is 1.07. The number of carbonyl (C=O) groups excluding carboxylic acids is 1. The molecule has 0 saturated carbocycles. The van der Waals surface area contributed by atoms with Gasteiger partial charge in [-0.15, -0.1) is 0 Å². The van der Waals surface area contributed by atoms with Crippen molar-refractivity contribution in [3.05, 3.63) is 54.1 Å². The van der Waals surface area contributed by atoms with Crippen LogP contribution in [0.15, 0.2) is 48.5 Å². The van der Waals surface area contributed by atoms with E-state index in [0.717, 1.165) is 29.1 Å². The quantitative estimate of drug-likeness (QED) is 0.553. The minimum absolute atomic E-state index is 0.145. The second-order valence-electron chi connectivity index (χ2n) is 8.73. The molecule has 1 amide bonds. The van der Waals surface area contributed by atoms with Crippen LogP contribution in [0.3, 0.4) is 0 Å². The van der Waals surface area contributed by atoms with Crippen LogP contribution in [0.5, 0.6) is 11.5 Å². The Kier molecular flexibility index (Phi) is 7.97. The summed E-state index contributed by atoms with van der Waals surface area (Å²) in [5.41, 5.74) is 5.17. The summed E-state index contributed by atoms with van der Waals surface area (Å²) in [4.78, 5) is 16.2. The van der Waals surface area contributed by atoms with Gasteiger partial charge in [-0.1, -0.05) is 0 Å². The molecule has 8 nitrogen and oxygen atoms in total. The van der Waals surface area contributed by atoms with Crippen LogP contribution in [0.2, 0.25) is 0 Å². The van der Waals surface area contributed by atoms with Crippen LogP contribution in [-0.2, 0) is 21.0 Å². The first-order valence-electron chi connectivity index (χ1n) is 10.9. The monoisotopic (exact) mass is 514 g/mol. The molecule has 0 unspecified atom stereocenters. The van der Waals surface area contributed by atoms with Gasteiger partial charge in [0.25, 0.3) is 0 Å². The number of likely N-dealkylation sites (tertiary alicyclic amines) is 1.